The van der Waals surface area contributed by atoms with Gasteiger partial charge in [-0.15, -0.1) is 10.2 Å². The normalized spacial score (nSPS) is 22.2. The van der Waals surface area contributed by atoms with E-state index < -0.39 is 0 Å². The molecule has 1 N–H and O–H groups in total. The minimum atomic E-state index is 0.318. The van der Waals surface area contributed by atoms with E-state index in [1.807, 2.05) is 28.9 Å². The summed E-state index contributed by atoms with van der Waals surface area (Å²) < 4.78 is 7.41. The summed E-state index contributed by atoms with van der Waals surface area (Å²) in [6.07, 6.45) is 7.91. The molecule has 2 unspecified atom stereocenters. The number of pyridine rings is 1. The van der Waals surface area contributed by atoms with Crippen LogP contribution in [-0.2, 0) is 4.74 Å². The first-order valence-corrected chi connectivity index (χ1v) is 14.0. The van der Waals surface area contributed by atoms with E-state index in [-0.39, 0.29) is 0 Å². The molecule has 38 heavy (non-hydrogen) atoms. The molecule has 0 amide bonds. The summed E-state index contributed by atoms with van der Waals surface area (Å²) >= 11 is 1.64. The van der Waals surface area contributed by atoms with Crippen LogP contribution in [0.1, 0.15) is 31.2 Å². The van der Waals surface area contributed by atoms with Crippen molar-refractivity contribution < 1.29 is 4.74 Å². The number of rotatable bonds is 5. The lowest BCUT2D eigenvalue weighted by molar-refractivity contribution is 0.0904. The van der Waals surface area contributed by atoms with Crippen molar-refractivity contribution in [1.82, 2.24) is 29.7 Å². The lowest BCUT2D eigenvalue weighted by atomic mass is 10.1. The van der Waals surface area contributed by atoms with Crippen molar-refractivity contribution in [3.63, 3.8) is 0 Å². The largest absolute Gasteiger partial charge is 0.381 e. The van der Waals surface area contributed by atoms with Gasteiger partial charge in [-0.2, -0.15) is 10.4 Å². The maximum absolute atomic E-state index is 9.23. The van der Waals surface area contributed by atoms with Gasteiger partial charge in [0.05, 0.1) is 34.2 Å². The second kappa shape index (κ2) is 9.62. The second-order valence-corrected chi connectivity index (χ2v) is 11.4. The zero-order valence-corrected chi connectivity index (χ0v) is 22.1. The van der Waals surface area contributed by atoms with Crippen LogP contribution in [0.25, 0.3) is 27.5 Å². The fourth-order valence-corrected chi connectivity index (χ4v) is 6.81. The molecule has 2 bridgehead atoms. The average Bonchev–Trinajstić information content (AvgIpc) is 3.64. The minimum absolute atomic E-state index is 0.318. The van der Waals surface area contributed by atoms with Crippen LogP contribution in [-0.4, -0.2) is 81.2 Å². The maximum atomic E-state index is 9.23. The quantitative estimate of drug-likeness (QED) is 0.416. The van der Waals surface area contributed by atoms with Crippen LogP contribution in [0.15, 0.2) is 36.7 Å². The summed E-state index contributed by atoms with van der Waals surface area (Å²) in [5, 5.41) is 28.6. The summed E-state index contributed by atoms with van der Waals surface area (Å²) in [5.41, 5.74) is 5.03. The Morgan fingerprint density at radius 1 is 1.05 bits per heavy atom. The van der Waals surface area contributed by atoms with E-state index >= 15 is 0 Å². The first-order chi connectivity index (χ1) is 18.7. The van der Waals surface area contributed by atoms with E-state index in [0.717, 1.165) is 77.4 Å². The number of hydrogen-bond acceptors (Lipinski definition) is 10. The Morgan fingerprint density at radius 3 is 2.66 bits per heavy atom. The predicted molar refractivity (Wildman–Crippen MR) is 146 cm³/mol. The smallest absolute Gasteiger partial charge is 0.208 e. The fourth-order valence-electron chi connectivity index (χ4n) is 5.92. The van der Waals surface area contributed by atoms with E-state index in [9.17, 15) is 5.26 Å². The van der Waals surface area contributed by atoms with Crippen molar-refractivity contribution in [3.8, 4) is 28.0 Å². The molecule has 3 fully saturated rings. The number of nitriles is 1. The van der Waals surface area contributed by atoms with E-state index in [4.69, 9.17) is 9.72 Å². The molecule has 3 aliphatic heterocycles. The van der Waals surface area contributed by atoms with Crippen molar-refractivity contribution in [2.45, 2.75) is 43.8 Å². The van der Waals surface area contributed by atoms with Gasteiger partial charge in [0.1, 0.15) is 6.07 Å². The van der Waals surface area contributed by atoms with Crippen molar-refractivity contribution in [2.24, 2.45) is 0 Å². The molecule has 7 heterocycles. The van der Waals surface area contributed by atoms with Gasteiger partial charge < -0.3 is 15.0 Å². The first kappa shape index (κ1) is 23.5. The van der Waals surface area contributed by atoms with Crippen molar-refractivity contribution in [3.05, 3.63) is 42.2 Å². The third-order valence-electron chi connectivity index (χ3n) is 8.14. The molecule has 3 saturated heterocycles. The number of fused-ring (bicyclic) bond motifs is 3. The van der Waals surface area contributed by atoms with Crippen LogP contribution in [0.3, 0.4) is 0 Å². The lowest BCUT2D eigenvalue weighted by Gasteiger charge is -2.38. The molecule has 0 aliphatic carbocycles. The summed E-state index contributed by atoms with van der Waals surface area (Å²) in [4.78, 5) is 9.77. The highest BCUT2D eigenvalue weighted by Gasteiger charge is 2.38. The van der Waals surface area contributed by atoms with Gasteiger partial charge in [-0.3, -0.25) is 9.88 Å². The van der Waals surface area contributed by atoms with Crippen LogP contribution < -0.4 is 10.2 Å². The SMILES string of the molecule is CN1C2CCC1CN(c1nnc(-c3cnc(-c4ccc5cc(C#N)cnn45)cc3NC3CCOCC3)s1)C2. The number of hydrogen-bond donors (Lipinski definition) is 1. The molecule has 0 radical (unpaired) electrons. The number of ether oxygens (including phenoxy) is 1. The Balaban J connectivity index is 1.23. The van der Waals surface area contributed by atoms with Crippen LogP contribution in [0.5, 0.6) is 0 Å². The van der Waals surface area contributed by atoms with Gasteiger partial charge in [0.2, 0.25) is 5.13 Å². The van der Waals surface area contributed by atoms with E-state index in [2.05, 4.69) is 49.6 Å². The highest BCUT2D eigenvalue weighted by Crippen LogP contribution is 2.38. The molecule has 4 aromatic heterocycles. The molecule has 0 spiro atoms. The summed E-state index contributed by atoms with van der Waals surface area (Å²) in [6.45, 7) is 3.53. The Kier molecular flexibility index (Phi) is 5.95. The Labute approximate surface area is 224 Å². The molecule has 0 saturated carbocycles. The highest BCUT2D eigenvalue weighted by molar-refractivity contribution is 7.18. The number of nitrogens with zero attached hydrogens (tertiary/aromatic N) is 8. The molecule has 2 atom stereocenters. The Morgan fingerprint density at radius 2 is 1.87 bits per heavy atom. The number of anilines is 2. The number of piperazine rings is 1. The van der Waals surface area contributed by atoms with Crippen LogP contribution in [0.4, 0.5) is 10.8 Å². The predicted octanol–water partition coefficient (Wildman–Crippen LogP) is 3.66. The van der Waals surface area contributed by atoms with Crippen molar-refractivity contribution >= 4 is 27.7 Å². The van der Waals surface area contributed by atoms with E-state index in [1.54, 1.807) is 17.5 Å². The van der Waals surface area contributed by atoms with Gasteiger partial charge in [0, 0.05) is 56.3 Å². The Hall–Kier alpha value is -3.59. The van der Waals surface area contributed by atoms with Crippen LogP contribution in [0, 0.1) is 11.3 Å². The average molecular weight is 528 g/mol. The van der Waals surface area contributed by atoms with Gasteiger partial charge in [-0.05, 0) is 57.0 Å². The van der Waals surface area contributed by atoms with E-state index in [0.29, 0.717) is 23.7 Å². The summed E-state index contributed by atoms with van der Waals surface area (Å²) in [7, 11) is 2.25. The number of likely N-dealkylation sites (N-methyl/N-ethyl adjacent to an activating group) is 1. The molecule has 7 rings (SSSR count). The van der Waals surface area contributed by atoms with Crippen LogP contribution in [0.2, 0.25) is 0 Å². The standard InChI is InChI=1S/C27H29N9OS/c1-34-20-2-3-21(34)16-35(15-20)27-33-32-26(38-27)22-14-29-24(11-23(22)31-18-6-8-37-9-7-18)25-5-4-19-10-17(12-28)13-30-36(19)25/h4-5,10-11,13-14,18,20-21H,2-3,6-9,15-16H2,1H3,(H,29,31). The third-order valence-corrected chi connectivity index (χ3v) is 9.16. The second-order valence-electron chi connectivity index (χ2n) is 10.4. The van der Waals surface area contributed by atoms with Gasteiger partial charge >= 0.3 is 0 Å². The number of aromatic nitrogens is 5. The monoisotopic (exact) mass is 527 g/mol. The molecule has 0 aromatic carbocycles. The number of nitrogens with one attached hydrogen (secondary N) is 1. The van der Waals surface area contributed by atoms with Gasteiger partial charge in [-0.1, -0.05) is 11.3 Å². The maximum Gasteiger partial charge on any atom is 0.208 e. The van der Waals surface area contributed by atoms with E-state index in [1.165, 1.54) is 12.8 Å². The van der Waals surface area contributed by atoms with Gasteiger partial charge in [0.15, 0.2) is 5.01 Å². The van der Waals surface area contributed by atoms with Crippen LogP contribution >= 0.6 is 11.3 Å². The molecule has 3 aliphatic rings. The molecular formula is C27H29N9OS. The Bertz CT molecular complexity index is 1500. The third kappa shape index (κ3) is 4.18. The zero-order valence-electron chi connectivity index (χ0n) is 21.2. The van der Waals surface area contributed by atoms with Crippen molar-refractivity contribution in [1.29, 1.82) is 5.26 Å². The van der Waals surface area contributed by atoms with Crippen molar-refractivity contribution in [2.75, 3.05) is 43.6 Å². The zero-order chi connectivity index (χ0) is 25.6. The topological polar surface area (TPSA) is 108 Å². The first-order valence-electron chi connectivity index (χ1n) is 13.2. The molecule has 194 valence electrons. The van der Waals surface area contributed by atoms with Gasteiger partial charge in [0.25, 0.3) is 0 Å². The highest BCUT2D eigenvalue weighted by atomic mass is 32.1. The summed E-state index contributed by atoms with van der Waals surface area (Å²) in [5.74, 6) is 0. The minimum Gasteiger partial charge on any atom is -0.381 e. The summed E-state index contributed by atoms with van der Waals surface area (Å²) in [6, 6.07) is 11.5. The van der Waals surface area contributed by atoms with Gasteiger partial charge in [-0.25, -0.2) is 4.52 Å². The lowest BCUT2D eigenvalue weighted by Crippen LogP contribution is -2.52. The fraction of sp³-hybridized carbons (Fsp3) is 0.444. The molecular weight excluding hydrogens is 498 g/mol. The molecule has 10 nitrogen and oxygen atoms in total. The molecule has 4 aromatic rings. The molecule has 11 heteroatoms.